The molecule has 3 aliphatic rings. The zero-order valence-electron chi connectivity index (χ0n) is 14.4. The van der Waals surface area contributed by atoms with E-state index in [2.05, 4.69) is 0 Å². The zero-order chi connectivity index (χ0) is 17.6. The number of rotatable bonds is 3. The van der Waals surface area contributed by atoms with Crippen LogP contribution in [-0.4, -0.2) is 48.2 Å². The smallest absolute Gasteiger partial charge is 0.311 e. The van der Waals surface area contributed by atoms with Crippen LogP contribution >= 0.6 is 0 Å². The van der Waals surface area contributed by atoms with Gasteiger partial charge in [0.1, 0.15) is 13.2 Å². The number of fused-ring (bicyclic) bond motifs is 1. The van der Waals surface area contributed by atoms with Gasteiger partial charge in [0.25, 0.3) is 0 Å². The molecule has 4 rings (SSSR count). The number of amides is 1. The summed E-state index contributed by atoms with van der Waals surface area (Å²) in [5.74, 6) is 0.932. The first-order valence-electron chi connectivity index (χ1n) is 8.90. The fourth-order valence-corrected chi connectivity index (χ4v) is 3.96. The Morgan fingerprint density at radius 3 is 2.76 bits per heavy atom. The number of carbonyl (C=O) groups excluding carboxylic acids is 1. The number of benzene rings is 1. The Kier molecular flexibility index (Phi) is 3.85. The van der Waals surface area contributed by atoms with Crippen molar-refractivity contribution in [1.82, 2.24) is 4.90 Å². The van der Waals surface area contributed by atoms with Crippen LogP contribution in [0.5, 0.6) is 11.5 Å². The molecule has 0 aromatic heterocycles. The Hall–Kier alpha value is -2.24. The number of likely N-dealkylation sites (tertiary alicyclic amines) is 1. The molecule has 25 heavy (non-hydrogen) atoms. The number of piperidine rings is 1. The lowest BCUT2D eigenvalue weighted by molar-refractivity contribution is -0.153. The van der Waals surface area contributed by atoms with E-state index in [1.165, 1.54) is 0 Å². The highest BCUT2D eigenvalue weighted by molar-refractivity contribution is 5.84. The molecule has 134 valence electrons. The summed E-state index contributed by atoms with van der Waals surface area (Å²) < 4.78 is 11.2. The summed E-state index contributed by atoms with van der Waals surface area (Å²) >= 11 is 0. The van der Waals surface area contributed by atoms with Gasteiger partial charge in [0.05, 0.1) is 5.41 Å². The lowest BCUT2D eigenvalue weighted by atomic mass is 9.82. The standard InChI is InChI=1S/C19H23NO5/c1-19(18(22)23)5-2-6-20(11-19)17(21)14-10-13(14)12-3-4-15-16(9-12)25-8-7-24-15/h3-4,9,13-14H,2,5-8,10-11H2,1H3,(H,22,23). The largest absolute Gasteiger partial charge is 0.486 e. The van der Waals surface area contributed by atoms with Crippen molar-refractivity contribution in [2.45, 2.75) is 32.1 Å². The van der Waals surface area contributed by atoms with E-state index in [9.17, 15) is 14.7 Å². The summed E-state index contributed by atoms with van der Waals surface area (Å²) in [6.07, 6.45) is 2.19. The van der Waals surface area contributed by atoms with Crippen molar-refractivity contribution >= 4 is 11.9 Å². The van der Waals surface area contributed by atoms with Gasteiger partial charge in [-0.2, -0.15) is 0 Å². The SMILES string of the molecule is CC1(C(=O)O)CCCN(C(=O)C2CC2c2ccc3c(c2)OCCO3)C1. The van der Waals surface area contributed by atoms with Crippen molar-refractivity contribution in [1.29, 1.82) is 0 Å². The maximum absolute atomic E-state index is 12.8. The molecule has 1 N–H and O–H groups in total. The summed E-state index contributed by atoms with van der Waals surface area (Å²) in [5, 5.41) is 9.43. The molecule has 2 heterocycles. The second-order valence-corrected chi connectivity index (χ2v) is 7.58. The number of hydrogen-bond donors (Lipinski definition) is 1. The third-order valence-corrected chi connectivity index (χ3v) is 5.63. The second kappa shape index (κ2) is 5.93. The first-order valence-corrected chi connectivity index (χ1v) is 8.90. The van der Waals surface area contributed by atoms with Crippen LogP contribution < -0.4 is 9.47 Å². The van der Waals surface area contributed by atoms with Gasteiger partial charge in [-0.05, 0) is 49.8 Å². The van der Waals surface area contributed by atoms with E-state index in [0.29, 0.717) is 32.7 Å². The summed E-state index contributed by atoms with van der Waals surface area (Å²) in [6, 6.07) is 5.89. The van der Waals surface area contributed by atoms with Crippen LogP contribution in [0, 0.1) is 11.3 Å². The van der Waals surface area contributed by atoms with Crippen molar-refractivity contribution in [3.05, 3.63) is 23.8 Å². The molecule has 1 saturated carbocycles. The van der Waals surface area contributed by atoms with E-state index in [1.807, 2.05) is 18.2 Å². The Morgan fingerprint density at radius 1 is 1.24 bits per heavy atom. The molecule has 2 aliphatic heterocycles. The molecule has 1 aromatic carbocycles. The van der Waals surface area contributed by atoms with E-state index in [4.69, 9.17) is 9.47 Å². The van der Waals surface area contributed by atoms with Crippen LogP contribution in [0.25, 0.3) is 0 Å². The summed E-state index contributed by atoms with van der Waals surface area (Å²) in [4.78, 5) is 26.1. The quantitative estimate of drug-likeness (QED) is 0.909. The normalized spacial score (nSPS) is 30.7. The van der Waals surface area contributed by atoms with Gasteiger partial charge in [-0.3, -0.25) is 9.59 Å². The van der Waals surface area contributed by atoms with Crippen LogP contribution in [0.4, 0.5) is 0 Å². The molecule has 6 heteroatoms. The van der Waals surface area contributed by atoms with Crippen LogP contribution in [0.3, 0.4) is 0 Å². The van der Waals surface area contributed by atoms with Crippen molar-refractivity contribution in [2.75, 3.05) is 26.3 Å². The molecule has 0 spiro atoms. The monoisotopic (exact) mass is 345 g/mol. The summed E-state index contributed by atoms with van der Waals surface area (Å²) in [6.45, 7) is 3.82. The molecule has 1 saturated heterocycles. The molecule has 6 nitrogen and oxygen atoms in total. The molecule has 0 radical (unpaired) electrons. The van der Waals surface area contributed by atoms with Crippen molar-refractivity contribution in [3.63, 3.8) is 0 Å². The van der Waals surface area contributed by atoms with Crippen LogP contribution in [0.2, 0.25) is 0 Å². The number of carboxylic acids is 1. The average molecular weight is 345 g/mol. The maximum atomic E-state index is 12.8. The molecule has 1 aliphatic carbocycles. The molecule has 3 atom stereocenters. The molecule has 0 bridgehead atoms. The number of ether oxygens (including phenoxy) is 2. The lowest BCUT2D eigenvalue weighted by Gasteiger charge is -2.37. The molecule has 1 amide bonds. The van der Waals surface area contributed by atoms with Gasteiger partial charge in [-0.25, -0.2) is 0 Å². The molecule has 3 unspecified atom stereocenters. The molecular formula is C19H23NO5. The van der Waals surface area contributed by atoms with E-state index >= 15 is 0 Å². The third-order valence-electron chi connectivity index (χ3n) is 5.63. The zero-order valence-corrected chi connectivity index (χ0v) is 14.4. The van der Waals surface area contributed by atoms with Gasteiger partial charge >= 0.3 is 5.97 Å². The number of hydrogen-bond acceptors (Lipinski definition) is 4. The Balaban J connectivity index is 1.44. The third kappa shape index (κ3) is 2.94. The van der Waals surface area contributed by atoms with E-state index < -0.39 is 11.4 Å². The summed E-state index contributed by atoms with van der Waals surface area (Å²) in [7, 11) is 0. The van der Waals surface area contributed by atoms with Crippen molar-refractivity contribution < 1.29 is 24.2 Å². The second-order valence-electron chi connectivity index (χ2n) is 7.58. The lowest BCUT2D eigenvalue weighted by Crippen LogP contribution is -2.49. The van der Waals surface area contributed by atoms with Crippen LogP contribution in [0.15, 0.2) is 18.2 Å². The Morgan fingerprint density at radius 2 is 2.00 bits per heavy atom. The topological polar surface area (TPSA) is 76.1 Å². The highest BCUT2D eigenvalue weighted by Crippen LogP contribution is 2.50. The van der Waals surface area contributed by atoms with Crippen molar-refractivity contribution in [3.8, 4) is 11.5 Å². The van der Waals surface area contributed by atoms with E-state index in [1.54, 1.807) is 11.8 Å². The highest BCUT2D eigenvalue weighted by atomic mass is 16.6. The number of carbonyl (C=O) groups is 2. The first kappa shape index (κ1) is 16.2. The van der Waals surface area contributed by atoms with Crippen molar-refractivity contribution in [2.24, 2.45) is 11.3 Å². The minimum Gasteiger partial charge on any atom is -0.486 e. The maximum Gasteiger partial charge on any atom is 0.311 e. The predicted molar refractivity (Wildman–Crippen MR) is 89.8 cm³/mol. The Labute approximate surface area is 146 Å². The van der Waals surface area contributed by atoms with E-state index in [0.717, 1.165) is 29.9 Å². The highest BCUT2D eigenvalue weighted by Gasteiger charge is 2.48. The molecule has 2 fully saturated rings. The van der Waals surface area contributed by atoms with E-state index in [-0.39, 0.29) is 17.7 Å². The first-order chi connectivity index (χ1) is 12.0. The van der Waals surface area contributed by atoms with Gasteiger partial charge in [-0.15, -0.1) is 0 Å². The van der Waals surface area contributed by atoms with Gasteiger partial charge in [0.15, 0.2) is 11.5 Å². The van der Waals surface area contributed by atoms with Crippen LogP contribution in [-0.2, 0) is 9.59 Å². The van der Waals surface area contributed by atoms with Gasteiger partial charge < -0.3 is 19.5 Å². The molecular weight excluding hydrogens is 322 g/mol. The minimum absolute atomic E-state index is 0.0429. The van der Waals surface area contributed by atoms with Crippen LogP contribution in [0.1, 0.15) is 37.7 Å². The average Bonchev–Trinajstić information content (AvgIpc) is 3.41. The molecule has 1 aromatic rings. The number of nitrogens with zero attached hydrogens (tertiary/aromatic N) is 1. The number of aliphatic carboxylic acids is 1. The summed E-state index contributed by atoms with van der Waals surface area (Å²) in [5.41, 5.74) is 0.274. The number of carboxylic acid groups (broad SMARTS) is 1. The Bertz CT molecular complexity index is 718. The van der Waals surface area contributed by atoms with Gasteiger partial charge in [-0.1, -0.05) is 6.07 Å². The van der Waals surface area contributed by atoms with Gasteiger partial charge in [0, 0.05) is 19.0 Å². The minimum atomic E-state index is -0.824. The fraction of sp³-hybridized carbons (Fsp3) is 0.579. The fourth-order valence-electron chi connectivity index (χ4n) is 3.96. The van der Waals surface area contributed by atoms with Gasteiger partial charge in [0.2, 0.25) is 5.91 Å². The predicted octanol–water partition coefficient (Wildman–Crippen LogP) is 2.27.